The Morgan fingerprint density at radius 2 is 1.82 bits per heavy atom. The van der Waals surface area contributed by atoms with Crippen molar-refractivity contribution in [3.63, 3.8) is 0 Å². The van der Waals surface area contributed by atoms with E-state index in [1.165, 1.54) is 0 Å². The molecule has 1 atom stereocenters. The number of rotatable bonds is 8. The van der Waals surface area contributed by atoms with Crippen molar-refractivity contribution in [1.29, 1.82) is 0 Å². The van der Waals surface area contributed by atoms with Crippen LogP contribution in [0.25, 0.3) is 0 Å². The summed E-state index contributed by atoms with van der Waals surface area (Å²) >= 11 is 6.21. The van der Waals surface area contributed by atoms with Gasteiger partial charge in [0, 0.05) is 19.0 Å². The number of halogens is 1. The fourth-order valence-electron chi connectivity index (χ4n) is 2.70. The minimum Gasteiger partial charge on any atom is -0.489 e. The van der Waals surface area contributed by atoms with E-state index in [0.29, 0.717) is 22.8 Å². The predicted octanol–water partition coefficient (Wildman–Crippen LogP) is 2.59. The quantitative estimate of drug-likeness (QED) is 0.671. The number of hydrogen-bond acceptors (Lipinski definition) is 3. The molecule has 0 aliphatic heterocycles. The smallest absolute Gasteiger partial charge is 0.251 e. The molecule has 0 aliphatic carbocycles. The molecule has 5 nitrogen and oxygen atoms in total. The fraction of sp³-hybridized carbons (Fsp3) is 0.333. The molecule has 0 spiro atoms. The Morgan fingerprint density at radius 3 is 2.36 bits per heavy atom. The molecule has 1 radical (unpaired) electrons. The first-order valence-corrected chi connectivity index (χ1v) is 9.58. The molecule has 0 heterocycles. The van der Waals surface area contributed by atoms with Gasteiger partial charge in [0.1, 0.15) is 19.1 Å². The molecule has 147 valence electrons. The van der Waals surface area contributed by atoms with Crippen LogP contribution in [0.1, 0.15) is 29.8 Å². The maximum Gasteiger partial charge on any atom is 0.251 e. The van der Waals surface area contributed by atoms with Gasteiger partial charge in [-0.25, -0.2) is 0 Å². The summed E-state index contributed by atoms with van der Waals surface area (Å²) in [5.41, 5.74) is 2.42. The number of amides is 2. The van der Waals surface area contributed by atoms with Gasteiger partial charge in [0.05, 0.1) is 11.1 Å². The molecule has 0 bridgehead atoms. The molecule has 2 amide bonds. The van der Waals surface area contributed by atoms with Crippen LogP contribution < -0.4 is 20.8 Å². The van der Waals surface area contributed by atoms with Gasteiger partial charge < -0.3 is 15.4 Å². The number of carbonyl (C=O) groups is 2. The largest absolute Gasteiger partial charge is 0.489 e. The van der Waals surface area contributed by atoms with Crippen LogP contribution in [0.4, 0.5) is 0 Å². The van der Waals surface area contributed by atoms with Gasteiger partial charge in [-0.05, 0) is 37.6 Å². The summed E-state index contributed by atoms with van der Waals surface area (Å²) in [4.78, 5) is 24.9. The normalized spacial score (nSPS) is 11.6. The van der Waals surface area contributed by atoms with Gasteiger partial charge in [0.25, 0.3) is 5.91 Å². The van der Waals surface area contributed by atoms with E-state index < -0.39 is 6.04 Å². The van der Waals surface area contributed by atoms with Crippen molar-refractivity contribution in [3.05, 3.63) is 58.6 Å². The van der Waals surface area contributed by atoms with Crippen molar-refractivity contribution < 1.29 is 14.3 Å². The summed E-state index contributed by atoms with van der Waals surface area (Å²) in [6.45, 7) is 5.76. The van der Waals surface area contributed by atoms with E-state index in [1.54, 1.807) is 25.2 Å². The summed E-state index contributed by atoms with van der Waals surface area (Å²) in [7, 11) is 3.55. The van der Waals surface area contributed by atoms with Crippen molar-refractivity contribution in [2.45, 2.75) is 39.2 Å². The zero-order valence-electron chi connectivity index (χ0n) is 16.6. The second-order valence-corrected chi connectivity index (χ2v) is 7.09. The summed E-state index contributed by atoms with van der Waals surface area (Å²) < 4.78 is 5.58. The lowest BCUT2D eigenvalue weighted by molar-refractivity contribution is -0.122. The molecule has 0 saturated heterocycles. The van der Waals surface area contributed by atoms with E-state index in [0.717, 1.165) is 11.0 Å². The molecular formula is C21H25BClN2O3. The first-order chi connectivity index (χ1) is 13.3. The van der Waals surface area contributed by atoms with Gasteiger partial charge >= 0.3 is 0 Å². The number of carbonyl (C=O) groups excluding carboxylic acids is 2. The standard InChI is InChI=1S/C21H25BClN2O3/c1-13(2)28-19-10-7-15(12-17(19)23)20(26)25-18(21(27)24-4)11-14-5-8-16(22-3)9-6-14/h5-10,12-13,18H,11H2,1-4H3,(H,24,27)(H,25,26). The van der Waals surface area contributed by atoms with Crippen LogP contribution in [-0.4, -0.2) is 38.3 Å². The van der Waals surface area contributed by atoms with Gasteiger partial charge in [-0.1, -0.05) is 48.2 Å². The van der Waals surface area contributed by atoms with Gasteiger partial charge in [0.15, 0.2) is 0 Å². The van der Waals surface area contributed by atoms with Gasteiger partial charge in [-0.3, -0.25) is 9.59 Å². The lowest BCUT2D eigenvalue weighted by Gasteiger charge is -2.18. The molecule has 1 unspecified atom stereocenters. The van der Waals surface area contributed by atoms with Crippen molar-refractivity contribution in [1.82, 2.24) is 10.6 Å². The summed E-state index contributed by atoms with van der Waals surface area (Å²) in [5.74, 6) is -0.112. The van der Waals surface area contributed by atoms with Crippen LogP contribution in [0.5, 0.6) is 5.75 Å². The maximum atomic E-state index is 12.7. The topological polar surface area (TPSA) is 67.4 Å². The summed E-state index contributed by atoms with van der Waals surface area (Å²) in [5, 5.41) is 5.74. The second kappa shape index (κ2) is 10.2. The van der Waals surface area contributed by atoms with Crippen LogP contribution >= 0.6 is 11.6 Å². The Hall–Kier alpha value is -2.47. The second-order valence-electron chi connectivity index (χ2n) is 6.69. The van der Waals surface area contributed by atoms with E-state index in [2.05, 4.69) is 10.6 Å². The molecule has 28 heavy (non-hydrogen) atoms. The van der Waals surface area contributed by atoms with Crippen LogP contribution in [-0.2, 0) is 11.2 Å². The highest BCUT2D eigenvalue weighted by molar-refractivity contribution is 6.51. The fourth-order valence-corrected chi connectivity index (χ4v) is 2.92. The van der Waals surface area contributed by atoms with Crippen LogP contribution in [0.2, 0.25) is 11.8 Å². The van der Waals surface area contributed by atoms with Crippen molar-refractivity contribution in [3.8, 4) is 5.75 Å². The van der Waals surface area contributed by atoms with Gasteiger partial charge in [-0.15, -0.1) is 0 Å². The van der Waals surface area contributed by atoms with E-state index in [4.69, 9.17) is 16.3 Å². The first-order valence-electron chi connectivity index (χ1n) is 9.21. The lowest BCUT2D eigenvalue weighted by atomic mass is 9.73. The van der Waals surface area contributed by atoms with Gasteiger partial charge in [-0.2, -0.15) is 0 Å². The third-order valence-electron chi connectivity index (χ3n) is 4.18. The first kappa shape index (κ1) is 21.8. The molecule has 0 aliphatic rings. The predicted molar refractivity (Wildman–Crippen MR) is 114 cm³/mol. The number of likely N-dealkylation sites (N-methyl/N-ethyl adjacent to an activating group) is 1. The molecule has 0 saturated carbocycles. The van der Waals surface area contributed by atoms with Gasteiger partial charge in [0.2, 0.25) is 5.91 Å². The molecule has 7 heteroatoms. The molecule has 0 aromatic heterocycles. The van der Waals surface area contributed by atoms with Crippen LogP contribution in [0.3, 0.4) is 0 Å². The molecular weight excluding hydrogens is 375 g/mol. The highest BCUT2D eigenvalue weighted by Gasteiger charge is 2.21. The van der Waals surface area contributed by atoms with E-state index in [1.807, 2.05) is 52.2 Å². The molecule has 2 N–H and O–H groups in total. The molecule has 2 rings (SSSR count). The summed E-state index contributed by atoms with van der Waals surface area (Å²) in [6, 6.07) is 12.0. The monoisotopic (exact) mass is 399 g/mol. The average molecular weight is 400 g/mol. The van der Waals surface area contributed by atoms with Crippen molar-refractivity contribution >= 4 is 36.2 Å². The highest BCUT2D eigenvalue weighted by atomic mass is 35.5. The minimum atomic E-state index is -0.695. The van der Waals surface area contributed by atoms with E-state index in [9.17, 15) is 9.59 Å². The summed E-state index contributed by atoms with van der Waals surface area (Å²) in [6.07, 6.45) is 0.365. The SMILES string of the molecule is C[B]c1ccc(CC(NC(=O)c2ccc(OC(C)C)c(Cl)c2)C(=O)NC)cc1. The van der Waals surface area contributed by atoms with Crippen molar-refractivity contribution in [2.24, 2.45) is 0 Å². The Kier molecular flexibility index (Phi) is 7.94. The Morgan fingerprint density at radius 1 is 1.14 bits per heavy atom. The third-order valence-corrected chi connectivity index (χ3v) is 4.47. The molecule has 2 aromatic rings. The van der Waals surface area contributed by atoms with Crippen LogP contribution in [0.15, 0.2) is 42.5 Å². The highest BCUT2D eigenvalue weighted by Crippen LogP contribution is 2.26. The van der Waals surface area contributed by atoms with E-state index in [-0.39, 0.29) is 17.9 Å². The number of hydrogen-bond donors (Lipinski definition) is 2. The Balaban J connectivity index is 2.13. The third kappa shape index (κ3) is 6.03. The van der Waals surface area contributed by atoms with Crippen LogP contribution in [0, 0.1) is 0 Å². The van der Waals surface area contributed by atoms with E-state index >= 15 is 0 Å². The van der Waals surface area contributed by atoms with Crippen molar-refractivity contribution in [2.75, 3.05) is 7.05 Å². The minimum absolute atomic E-state index is 0.0218. The number of nitrogens with one attached hydrogen (secondary N) is 2. The number of benzene rings is 2. The zero-order chi connectivity index (χ0) is 20.7. The zero-order valence-corrected chi connectivity index (χ0v) is 17.3. The average Bonchev–Trinajstić information content (AvgIpc) is 2.68. The molecule has 0 fully saturated rings. The number of ether oxygens (including phenoxy) is 1. The Bertz CT molecular complexity index is 825. The molecule has 2 aromatic carbocycles. The maximum absolute atomic E-state index is 12.7. The Labute approximate surface area is 172 Å². The lowest BCUT2D eigenvalue weighted by Crippen LogP contribution is -2.47.